The zero-order valence-corrected chi connectivity index (χ0v) is 13.4. The highest BCUT2D eigenvalue weighted by atomic mass is 16.5. The van der Waals surface area contributed by atoms with Gasteiger partial charge in [0.25, 0.3) is 0 Å². The maximum Gasteiger partial charge on any atom is 0.241 e. The van der Waals surface area contributed by atoms with Crippen molar-refractivity contribution in [3.8, 4) is 0 Å². The van der Waals surface area contributed by atoms with Gasteiger partial charge in [-0.15, -0.1) is 0 Å². The van der Waals surface area contributed by atoms with Crippen LogP contribution < -0.4 is 11.1 Å². The SMILES string of the molecule is CCN(C(C)COC)C(C)C(=O)Nc1ccc(CN)cc1. The molecular weight excluding hydrogens is 266 g/mol. The summed E-state index contributed by atoms with van der Waals surface area (Å²) in [4.78, 5) is 14.5. The van der Waals surface area contributed by atoms with Crippen LogP contribution in [0, 0.1) is 0 Å². The summed E-state index contributed by atoms with van der Waals surface area (Å²) in [5.41, 5.74) is 7.40. The number of ether oxygens (including phenoxy) is 1. The molecule has 0 heterocycles. The maximum absolute atomic E-state index is 12.4. The highest BCUT2D eigenvalue weighted by Crippen LogP contribution is 2.12. The largest absolute Gasteiger partial charge is 0.383 e. The van der Waals surface area contributed by atoms with Crippen molar-refractivity contribution in [2.24, 2.45) is 5.73 Å². The number of amides is 1. The molecule has 0 bridgehead atoms. The number of carbonyl (C=O) groups is 1. The predicted molar refractivity (Wildman–Crippen MR) is 86.1 cm³/mol. The van der Waals surface area contributed by atoms with E-state index in [-0.39, 0.29) is 18.0 Å². The number of methoxy groups -OCH3 is 1. The minimum absolute atomic E-state index is 0.0136. The molecule has 2 atom stereocenters. The fraction of sp³-hybridized carbons (Fsp3) is 0.562. The monoisotopic (exact) mass is 293 g/mol. The number of hydrogen-bond donors (Lipinski definition) is 2. The molecule has 3 N–H and O–H groups in total. The lowest BCUT2D eigenvalue weighted by molar-refractivity contribution is -0.121. The van der Waals surface area contributed by atoms with Gasteiger partial charge in [0, 0.05) is 25.4 Å². The Morgan fingerprint density at radius 3 is 2.43 bits per heavy atom. The van der Waals surface area contributed by atoms with E-state index in [9.17, 15) is 4.79 Å². The Morgan fingerprint density at radius 1 is 1.33 bits per heavy atom. The van der Waals surface area contributed by atoms with E-state index >= 15 is 0 Å². The zero-order valence-electron chi connectivity index (χ0n) is 13.4. The maximum atomic E-state index is 12.4. The highest BCUT2D eigenvalue weighted by Gasteiger charge is 2.24. The number of rotatable bonds is 8. The average Bonchev–Trinajstić information content (AvgIpc) is 2.48. The van der Waals surface area contributed by atoms with Gasteiger partial charge in [-0.05, 0) is 38.1 Å². The molecule has 1 aromatic rings. The van der Waals surface area contributed by atoms with Crippen molar-refractivity contribution in [3.63, 3.8) is 0 Å². The van der Waals surface area contributed by atoms with E-state index < -0.39 is 0 Å². The first-order valence-corrected chi connectivity index (χ1v) is 7.38. The molecule has 0 spiro atoms. The molecule has 0 aliphatic carbocycles. The van der Waals surface area contributed by atoms with Crippen LogP contribution in [-0.2, 0) is 16.1 Å². The first-order chi connectivity index (χ1) is 10.0. The van der Waals surface area contributed by atoms with E-state index in [1.54, 1.807) is 7.11 Å². The molecule has 0 aliphatic heterocycles. The van der Waals surface area contributed by atoms with Crippen molar-refractivity contribution in [2.75, 3.05) is 25.6 Å². The summed E-state index contributed by atoms with van der Waals surface area (Å²) in [6.45, 7) is 7.93. The molecule has 0 aromatic heterocycles. The lowest BCUT2D eigenvalue weighted by Crippen LogP contribution is -2.48. The lowest BCUT2D eigenvalue weighted by Gasteiger charge is -2.32. The van der Waals surface area contributed by atoms with Crippen LogP contribution in [0.2, 0.25) is 0 Å². The van der Waals surface area contributed by atoms with Crippen molar-refractivity contribution in [3.05, 3.63) is 29.8 Å². The molecule has 0 radical (unpaired) electrons. The van der Waals surface area contributed by atoms with Crippen LogP contribution >= 0.6 is 0 Å². The van der Waals surface area contributed by atoms with Gasteiger partial charge in [-0.3, -0.25) is 9.69 Å². The number of nitrogens with one attached hydrogen (secondary N) is 1. The molecule has 5 heteroatoms. The number of anilines is 1. The van der Waals surface area contributed by atoms with Crippen LogP contribution in [0.25, 0.3) is 0 Å². The van der Waals surface area contributed by atoms with Crippen LogP contribution in [0.4, 0.5) is 5.69 Å². The second kappa shape index (κ2) is 8.77. The first kappa shape index (κ1) is 17.6. The lowest BCUT2D eigenvalue weighted by atomic mass is 10.1. The summed E-state index contributed by atoms with van der Waals surface area (Å²) in [5.74, 6) is -0.0136. The molecule has 1 rings (SSSR count). The Morgan fingerprint density at radius 2 is 1.95 bits per heavy atom. The average molecular weight is 293 g/mol. The Balaban J connectivity index is 2.67. The van der Waals surface area contributed by atoms with Crippen LogP contribution in [0.5, 0.6) is 0 Å². The van der Waals surface area contributed by atoms with Gasteiger partial charge in [0.05, 0.1) is 12.6 Å². The minimum atomic E-state index is -0.214. The Bertz CT molecular complexity index is 434. The molecule has 0 fully saturated rings. The van der Waals surface area contributed by atoms with Gasteiger partial charge in [0.2, 0.25) is 5.91 Å². The molecule has 5 nitrogen and oxygen atoms in total. The third-order valence-electron chi connectivity index (χ3n) is 3.67. The van der Waals surface area contributed by atoms with Gasteiger partial charge in [0.1, 0.15) is 0 Å². The highest BCUT2D eigenvalue weighted by molar-refractivity contribution is 5.94. The van der Waals surface area contributed by atoms with E-state index in [0.717, 1.165) is 17.8 Å². The van der Waals surface area contributed by atoms with E-state index in [1.165, 1.54) is 0 Å². The molecule has 2 unspecified atom stereocenters. The van der Waals surface area contributed by atoms with Gasteiger partial charge in [-0.2, -0.15) is 0 Å². The number of likely N-dealkylation sites (N-methyl/N-ethyl adjacent to an activating group) is 1. The molecule has 21 heavy (non-hydrogen) atoms. The summed E-state index contributed by atoms with van der Waals surface area (Å²) < 4.78 is 5.17. The summed E-state index contributed by atoms with van der Waals surface area (Å²) in [5, 5.41) is 2.94. The van der Waals surface area contributed by atoms with Crippen molar-refractivity contribution in [2.45, 2.75) is 39.4 Å². The van der Waals surface area contributed by atoms with Gasteiger partial charge in [-0.1, -0.05) is 19.1 Å². The molecule has 118 valence electrons. The van der Waals surface area contributed by atoms with Crippen molar-refractivity contribution >= 4 is 11.6 Å². The van der Waals surface area contributed by atoms with Crippen LogP contribution in [0.1, 0.15) is 26.3 Å². The van der Waals surface area contributed by atoms with E-state index in [4.69, 9.17) is 10.5 Å². The fourth-order valence-corrected chi connectivity index (χ4v) is 2.43. The molecule has 0 saturated carbocycles. The van der Waals surface area contributed by atoms with Crippen molar-refractivity contribution in [1.29, 1.82) is 0 Å². The van der Waals surface area contributed by atoms with Crippen molar-refractivity contribution < 1.29 is 9.53 Å². The summed E-state index contributed by atoms with van der Waals surface area (Å²) >= 11 is 0. The van der Waals surface area contributed by atoms with Crippen LogP contribution in [-0.4, -0.2) is 43.2 Å². The second-order valence-corrected chi connectivity index (χ2v) is 5.20. The quantitative estimate of drug-likeness (QED) is 0.767. The van der Waals surface area contributed by atoms with Crippen molar-refractivity contribution in [1.82, 2.24) is 4.90 Å². The first-order valence-electron chi connectivity index (χ1n) is 7.38. The number of nitrogens with two attached hydrogens (primary N) is 1. The molecule has 0 aliphatic rings. The minimum Gasteiger partial charge on any atom is -0.383 e. The second-order valence-electron chi connectivity index (χ2n) is 5.20. The van der Waals surface area contributed by atoms with Gasteiger partial charge >= 0.3 is 0 Å². The van der Waals surface area contributed by atoms with Gasteiger partial charge in [0.15, 0.2) is 0 Å². The Labute approximate surface area is 127 Å². The standard InChI is InChI=1S/C16H27N3O2/c1-5-19(12(2)11-21-4)13(3)16(20)18-15-8-6-14(10-17)7-9-15/h6-9,12-13H,5,10-11,17H2,1-4H3,(H,18,20). The summed E-state index contributed by atoms with van der Waals surface area (Å²) in [7, 11) is 1.67. The fourth-order valence-electron chi connectivity index (χ4n) is 2.43. The molecule has 1 aromatic carbocycles. The van der Waals surface area contributed by atoms with E-state index in [0.29, 0.717) is 13.2 Å². The van der Waals surface area contributed by atoms with Gasteiger partial charge in [-0.25, -0.2) is 0 Å². The third-order valence-corrected chi connectivity index (χ3v) is 3.67. The normalized spacial score (nSPS) is 14.0. The topological polar surface area (TPSA) is 67.6 Å². The number of benzene rings is 1. The molecular formula is C16H27N3O2. The van der Waals surface area contributed by atoms with Crippen LogP contribution in [0.15, 0.2) is 24.3 Å². The zero-order chi connectivity index (χ0) is 15.8. The Kier molecular flexibility index (Phi) is 7.36. The summed E-state index contributed by atoms with van der Waals surface area (Å²) in [6, 6.07) is 7.58. The number of carbonyl (C=O) groups excluding carboxylic acids is 1. The Hall–Kier alpha value is -1.43. The molecule has 0 saturated heterocycles. The number of hydrogen-bond acceptors (Lipinski definition) is 4. The predicted octanol–water partition coefficient (Wildman–Crippen LogP) is 1.83. The third kappa shape index (κ3) is 5.12. The number of nitrogens with zero attached hydrogens (tertiary/aromatic N) is 1. The van der Waals surface area contributed by atoms with E-state index in [1.807, 2.05) is 38.1 Å². The van der Waals surface area contributed by atoms with E-state index in [2.05, 4.69) is 17.1 Å². The van der Waals surface area contributed by atoms with Gasteiger partial charge < -0.3 is 15.8 Å². The van der Waals surface area contributed by atoms with Crippen LogP contribution in [0.3, 0.4) is 0 Å². The smallest absolute Gasteiger partial charge is 0.241 e. The summed E-state index contributed by atoms with van der Waals surface area (Å²) in [6.07, 6.45) is 0. The molecule has 1 amide bonds.